The lowest BCUT2D eigenvalue weighted by molar-refractivity contribution is 0.369. The van der Waals surface area contributed by atoms with Gasteiger partial charge in [-0.2, -0.15) is 4.31 Å². The maximum Gasteiger partial charge on any atom is 0.245 e. The molecule has 0 fully saturated rings. The van der Waals surface area contributed by atoms with Gasteiger partial charge in [0.2, 0.25) is 10.0 Å². The highest BCUT2D eigenvalue weighted by Crippen LogP contribution is 2.26. The van der Waals surface area contributed by atoms with E-state index in [0.29, 0.717) is 5.02 Å². The molecule has 0 saturated carbocycles. The molecule has 1 aromatic carbocycles. The Morgan fingerprint density at radius 2 is 2.06 bits per heavy atom. The van der Waals surface area contributed by atoms with Crippen molar-refractivity contribution in [2.45, 2.75) is 37.6 Å². The number of rotatable bonds is 5. The van der Waals surface area contributed by atoms with Crippen molar-refractivity contribution in [1.29, 1.82) is 0 Å². The molecule has 0 aromatic heterocycles. The number of benzene rings is 1. The van der Waals surface area contributed by atoms with Crippen molar-refractivity contribution in [3.63, 3.8) is 0 Å². The lowest BCUT2D eigenvalue weighted by Gasteiger charge is -2.24. The summed E-state index contributed by atoms with van der Waals surface area (Å²) >= 11 is 5.77. The monoisotopic (exact) mass is 290 g/mol. The van der Waals surface area contributed by atoms with E-state index < -0.39 is 10.0 Å². The van der Waals surface area contributed by atoms with Crippen LogP contribution < -0.4 is 5.73 Å². The molecule has 1 unspecified atom stereocenters. The van der Waals surface area contributed by atoms with Crippen LogP contribution >= 0.6 is 11.6 Å². The molecule has 0 radical (unpaired) electrons. The summed E-state index contributed by atoms with van der Waals surface area (Å²) in [5.41, 5.74) is 5.91. The van der Waals surface area contributed by atoms with Gasteiger partial charge >= 0.3 is 0 Å². The molecule has 0 heterocycles. The highest BCUT2D eigenvalue weighted by molar-refractivity contribution is 7.89. The number of sulfonamides is 1. The molecule has 0 aliphatic heterocycles. The maximum atomic E-state index is 12.4. The van der Waals surface area contributed by atoms with E-state index in [0.717, 1.165) is 12.8 Å². The fourth-order valence-corrected chi connectivity index (χ4v) is 3.41. The minimum absolute atomic E-state index is 0.0601. The molecule has 0 spiro atoms. The van der Waals surface area contributed by atoms with E-state index in [1.54, 1.807) is 7.05 Å². The van der Waals surface area contributed by atoms with Crippen LogP contribution in [0.15, 0.2) is 23.1 Å². The number of nitrogens with zero attached hydrogens (tertiary/aromatic N) is 1. The van der Waals surface area contributed by atoms with Crippen LogP contribution in [-0.2, 0) is 10.0 Å². The van der Waals surface area contributed by atoms with Gasteiger partial charge in [0.25, 0.3) is 0 Å². The standard InChI is InChI=1S/C12H19ClN2O2S/c1-4-5-9(2)15(3)18(16,17)12-7-6-10(13)8-11(12)14/h6-9H,4-5,14H2,1-3H3. The van der Waals surface area contributed by atoms with Crippen LogP contribution in [0.5, 0.6) is 0 Å². The van der Waals surface area contributed by atoms with Crippen LogP contribution in [0.4, 0.5) is 5.69 Å². The highest BCUT2D eigenvalue weighted by Gasteiger charge is 2.26. The Bertz CT molecular complexity index is 517. The van der Waals surface area contributed by atoms with Crippen molar-refractivity contribution in [3.8, 4) is 0 Å². The van der Waals surface area contributed by atoms with E-state index in [9.17, 15) is 8.42 Å². The Morgan fingerprint density at radius 3 is 2.56 bits per heavy atom. The summed E-state index contributed by atoms with van der Waals surface area (Å²) < 4.78 is 26.1. The third-order valence-electron chi connectivity index (χ3n) is 2.96. The number of anilines is 1. The molecule has 0 amide bonds. The van der Waals surface area contributed by atoms with Gasteiger partial charge in [-0.25, -0.2) is 8.42 Å². The number of nitrogens with two attached hydrogens (primary N) is 1. The summed E-state index contributed by atoms with van der Waals surface area (Å²) in [4.78, 5) is 0.109. The molecule has 0 saturated heterocycles. The lowest BCUT2D eigenvalue weighted by Crippen LogP contribution is -2.35. The Balaban J connectivity index is 3.13. The van der Waals surface area contributed by atoms with Gasteiger partial charge in [-0.15, -0.1) is 0 Å². The van der Waals surface area contributed by atoms with Crippen molar-refractivity contribution in [3.05, 3.63) is 23.2 Å². The Hall–Kier alpha value is -0.780. The van der Waals surface area contributed by atoms with Gasteiger partial charge < -0.3 is 5.73 Å². The number of nitrogen functional groups attached to an aromatic ring is 1. The summed E-state index contributed by atoms with van der Waals surface area (Å²) in [5, 5.41) is 0.427. The van der Waals surface area contributed by atoms with Gasteiger partial charge in [-0.3, -0.25) is 0 Å². The zero-order chi connectivity index (χ0) is 13.9. The predicted molar refractivity (Wildman–Crippen MR) is 75.2 cm³/mol. The van der Waals surface area contributed by atoms with Crippen molar-refractivity contribution in [1.82, 2.24) is 4.31 Å². The first kappa shape index (κ1) is 15.3. The fourth-order valence-electron chi connectivity index (χ4n) is 1.75. The Kier molecular flexibility index (Phi) is 5.01. The lowest BCUT2D eigenvalue weighted by atomic mass is 10.2. The quantitative estimate of drug-likeness (QED) is 0.848. The van der Waals surface area contributed by atoms with E-state index in [1.807, 2.05) is 13.8 Å². The largest absolute Gasteiger partial charge is 0.398 e. The van der Waals surface area contributed by atoms with Crippen LogP contribution in [0.25, 0.3) is 0 Å². The third-order valence-corrected chi connectivity index (χ3v) is 5.24. The van der Waals surface area contributed by atoms with Gasteiger partial charge in [0.1, 0.15) is 4.90 Å². The second-order valence-electron chi connectivity index (χ2n) is 4.34. The van der Waals surface area contributed by atoms with Crippen LogP contribution in [0, 0.1) is 0 Å². The van der Waals surface area contributed by atoms with Gasteiger partial charge in [-0.1, -0.05) is 24.9 Å². The van der Waals surface area contributed by atoms with Crippen molar-refractivity contribution >= 4 is 27.3 Å². The Labute approximate surface area is 114 Å². The molecule has 0 bridgehead atoms. The third kappa shape index (κ3) is 3.16. The van der Waals surface area contributed by atoms with Crippen molar-refractivity contribution in [2.75, 3.05) is 12.8 Å². The van der Waals surface area contributed by atoms with Gasteiger partial charge in [-0.05, 0) is 31.5 Å². The SMILES string of the molecule is CCCC(C)N(C)S(=O)(=O)c1ccc(Cl)cc1N. The topological polar surface area (TPSA) is 63.4 Å². The summed E-state index contributed by atoms with van der Waals surface area (Å²) in [7, 11) is -1.99. The molecule has 1 atom stereocenters. The van der Waals surface area contributed by atoms with Crippen LogP contribution in [0.2, 0.25) is 5.02 Å². The summed E-state index contributed by atoms with van der Waals surface area (Å²) in [6, 6.07) is 4.37. The van der Waals surface area contributed by atoms with Crippen LogP contribution in [-0.4, -0.2) is 25.8 Å². The number of halogens is 1. The van der Waals surface area contributed by atoms with Crippen molar-refractivity contribution < 1.29 is 8.42 Å². The summed E-state index contributed by atoms with van der Waals surface area (Å²) in [6.45, 7) is 3.90. The molecule has 102 valence electrons. The molecule has 0 aliphatic rings. The molecule has 1 aromatic rings. The minimum atomic E-state index is -3.56. The van der Waals surface area contributed by atoms with E-state index in [2.05, 4.69) is 0 Å². The predicted octanol–water partition coefficient (Wildman–Crippen LogP) is 2.73. The summed E-state index contributed by atoms with van der Waals surface area (Å²) in [6.07, 6.45) is 1.74. The first-order valence-corrected chi connectivity index (χ1v) is 7.65. The normalized spacial score (nSPS) is 13.8. The number of hydrogen-bond acceptors (Lipinski definition) is 3. The van der Waals surface area contributed by atoms with E-state index in [4.69, 9.17) is 17.3 Å². The fraction of sp³-hybridized carbons (Fsp3) is 0.500. The van der Waals surface area contributed by atoms with Crippen LogP contribution in [0.1, 0.15) is 26.7 Å². The minimum Gasteiger partial charge on any atom is -0.398 e. The zero-order valence-corrected chi connectivity index (χ0v) is 12.4. The van der Waals surface area contributed by atoms with Crippen molar-refractivity contribution in [2.24, 2.45) is 0 Å². The second-order valence-corrected chi connectivity index (χ2v) is 6.74. The smallest absolute Gasteiger partial charge is 0.245 e. The zero-order valence-electron chi connectivity index (χ0n) is 10.9. The highest BCUT2D eigenvalue weighted by atomic mass is 35.5. The van der Waals surface area contributed by atoms with Gasteiger partial charge in [0.15, 0.2) is 0 Å². The first-order chi connectivity index (χ1) is 8.30. The molecular weight excluding hydrogens is 272 g/mol. The summed E-state index contributed by atoms with van der Waals surface area (Å²) in [5.74, 6) is 0. The molecule has 0 aliphatic carbocycles. The van der Waals surface area contributed by atoms with E-state index >= 15 is 0 Å². The average molecular weight is 291 g/mol. The van der Waals surface area contributed by atoms with Crippen LogP contribution in [0.3, 0.4) is 0 Å². The number of hydrogen-bond donors (Lipinski definition) is 1. The van der Waals surface area contributed by atoms with E-state index in [1.165, 1.54) is 22.5 Å². The molecular formula is C12H19ClN2O2S. The molecule has 18 heavy (non-hydrogen) atoms. The second kappa shape index (κ2) is 5.91. The maximum absolute atomic E-state index is 12.4. The molecule has 4 nitrogen and oxygen atoms in total. The average Bonchev–Trinajstić information content (AvgIpc) is 2.27. The van der Waals surface area contributed by atoms with Gasteiger partial charge in [0, 0.05) is 18.1 Å². The Morgan fingerprint density at radius 1 is 1.44 bits per heavy atom. The first-order valence-electron chi connectivity index (χ1n) is 5.83. The molecule has 6 heteroatoms. The van der Waals surface area contributed by atoms with E-state index in [-0.39, 0.29) is 16.6 Å². The molecule has 1 rings (SSSR count). The van der Waals surface area contributed by atoms with Gasteiger partial charge in [0.05, 0.1) is 5.69 Å². The molecule has 2 N–H and O–H groups in total.